The summed E-state index contributed by atoms with van der Waals surface area (Å²) < 4.78 is 31.5. The van der Waals surface area contributed by atoms with Gasteiger partial charge in [-0.3, -0.25) is 39.1 Å². The Labute approximate surface area is 231 Å². The van der Waals surface area contributed by atoms with E-state index in [9.17, 15) is 34.1 Å². The molecule has 0 aromatic rings. The maximum absolute atomic E-state index is 12.2. The van der Waals surface area contributed by atoms with Crippen LogP contribution in [0.15, 0.2) is 5.10 Å². The molecule has 6 atom stereocenters. The quantitative estimate of drug-likeness (QED) is 0.0798. The first-order valence-electron chi connectivity index (χ1n) is 12.5. The van der Waals surface area contributed by atoms with Crippen molar-refractivity contribution in [3.63, 3.8) is 0 Å². The minimum absolute atomic E-state index is 0.0974. The summed E-state index contributed by atoms with van der Waals surface area (Å²) in [4.78, 5) is 70.8. The van der Waals surface area contributed by atoms with Gasteiger partial charge >= 0.3 is 29.8 Å². The van der Waals surface area contributed by atoms with E-state index in [1.165, 1.54) is 13.3 Å². The van der Waals surface area contributed by atoms with Gasteiger partial charge in [-0.25, -0.2) is 0 Å². The lowest BCUT2D eigenvalue weighted by molar-refractivity contribution is -0.487. The molecule has 1 fully saturated rings. The van der Waals surface area contributed by atoms with Crippen molar-refractivity contribution in [1.82, 2.24) is 5.01 Å². The van der Waals surface area contributed by atoms with Crippen LogP contribution in [0.5, 0.6) is 0 Å². The molecule has 1 rings (SSSR count). The van der Waals surface area contributed by atoms with Crippen LogP contribution >= 0.6 is 0 Å². The largest absolute Gasteiger partial charge is 0.462 e. The summed E-state index contributed by atoms with van der Waals surface area (Å²) in [6.07, 6.45) is -3.92. The molecule has 0 saturated carbocycles. The summed E-state index contributed by atoms with van der Waals surface area (Å²) in [5.41, 5.74) is 0. The van der Waals surface area contributed by atoms with Gasteiger partial charge in [0.15, 0.2) is 24.4 Å². The highest BCUT2D eigenvalue weighted by atomic mass is 16.6. The third kappa shape index (κ3) is 12.4. The smallest absolute Gasteiger partial charge is 0.303 e. The lowest BCUT2D eigenvalue weighted by Gasteiger charge is -2.36. The minimum Gasteiger partial charge on any atom is -0.462 e. The highest BCUT2D eigenvalue weighted by molar-refractivity contribution is 5.70. The highest BCUT2D eigenvalue weighted by Gasteiger charge is 2.47. The van der Waals surface area contributed by atoms with E-state index < -0.39 is 78.3 Å². The molecule has 0 N–H and O–H groups in total. The predicted molar refractivity (Wildman–Crippen MR) is 134 cm³/mol. The number of rotatable bonds is 16. The van der Waals surface area contributed by atoms with Gasteiger partial charge in [0.1, 0.15) is 12.5 Å². The molecule has 0 radical (unpaired) electrons. The van der Waals surface area contributed by atoms with E-state index in [1.54, 1.807) is 5.01 Å². The molecule has 0 aliphatic carbocycles. The molecule has 16 heteroatoms. The van der Waals surface area contributed by atoms with Gasteiger partial charge in [0.05, 0.1) is 12.6 Å². The zero-order valence-electron chi connectivity index (χ0n) is 23.4. The molecule has 0 spiro atoms. The van der Waals surface area contributed by atoms with E-state index in [-0.39, 0.29) is 6.04 Å². The van der Waals surface area contributed by atoms with Gasteiger partial charge < -0.3 is 28.4 Å². The molecule has 0 amide bonds. The van der Waals surface area contributed by atoms with Crippen LogP contribution in [0.3, 0.4) is 0 Å². The Balaban J connectivity index is 3.67. The monoisotopic (exact) mass is 575 g/mol. The number of hydrogen-bond donors (Lipinski definition) is 0. The second-order valence-corrected chi connectivity index (χ2v) is 9.03. The Morgan fingerprint density at radius 2 is 1.45 bits per heavy atom. The molecule has 40 heavy (non-hydrogen) atoms. The summed E-state index contributed by atoms with van der Waals surface area (Å²) in [6.45, 7) is 4.57. The van der Waals surface area contributed by atoms with E-state index in [0.717, 1.165) is 47.5 Å². The number of nitro groups is 1. The fourth-order valence-corrected chi connectivity index (χ4v) is 4.17. The lowest BCUT2D eigenvalue weighted by Crippen LogP contribution is -2.56. The van der Waals surface area contributed by atoms with Crippen LogP contribution in [-0.2, 0) is 52.4 Å². The number of carbonyl (C=O) groups is 5. The van der Waals surface area contributed by atoms with Gasteiger partial charge in [0.2, 0.25) is 6.54 Å². The number of esters is 5. The molecule has 1 aliphatic heterocycles. The first-order chi connectivity index (χ1) is 18.7. The van der Waals surface area contributed by atoms with Crippen LogP contribution in [0.2, 0.25) is 0 Å². The average Bonchev–Trinajstić information content (AvgIpc) is 3.26. The van der Waals surface area contributed by atoms with Gasteiger partial charge in [-0.05, 0) is 12.8 Å². The molecule has 16 nitrogen and oxygen atoms in total. The number of hydrogen-bond acceptors (Lipinski definition) is 15. The van der Waals surface area contributed by atoms with Crippen LogP contribution in [0.1, 0.15) is 47.5 Å². The third-order valence-corrected chi connectivity index (χ3v) is 5.58. The Kier molecular flexibility index (Phi) is 14.5. The summed E-state index contributed by atoms with van der Waals surface area (Å²) in [5.74, 6) is -5.74. The zero-order chi connectivity index (χ0) is 30.4. The Bertz CT molecular complexity index is 941. The molecule has 226 valence electrons. The van der Waals surface area contributed by atoms with Crippen LogP contribution in [0.25, 0.3) is 0 Å². The maximum atomic E-state index is 12.2. The number of methoxy groups -OCH3 is 1. The van der Waals surface area contributed by atoms with Crippen molar-refractivity contribution in [3.8, 4) is 0 Å². The molecule has 1 aliphatic rings. The van der Waals surface area contributed by atoms with E-state index in [4.69, 9.17) is 28.4 Å². The molecule has 0 unspecified atom stereocenters. The van der Waals surface area contributed by atoms with Crippen LogP contribution in [-0.4, -0.2) is 110 Å². The van der Waals surface area contributed by atoms with E-state index in [1.807, 2.05) is 0 Å². The van der Waals surface area contributed by atoms with Crippen LogP contribution in [0.4, 0.5) is 0 Å². The van der Waals surface area contributed by atoms with E-state index in [2.05, 4.69) is 5.10 Å². The summed E-state index contributed by atoms with van der Waals surface area (Å²) in [5, 5.41) is 17.7. The first-order valence-corrected chi connectivity index (χ1v) is 12.5. The number of nitrogens with zero attached hydrogens (tertiary/aromatic N) is 3. The molecular weight excluding hydrogens is 538 g/mol. The molecule has 1 saturated heterocycles. The molecule has 0 aromatic carbocycles. The van der Waals surface area contributed by atoms with Gasteiger partial charge in [0, 0.05) is 59.4 Å². The van der Waals surface area contributed by atoms with Gasteiger partial charge in [-0.15, -0.1) is 0 Å². The first kappa shape index (κ1) is 34.2. The minimum atomic E-state index is -1.75. The SMILES string of the molecule is COC[C@@H]1CCCN1/N=C/[C@@H](C[N+](=O)[O-])[C@H](OC(C)=O)[C@@H](OC(C)=O)[C@@H](OC(C)=O)[C@@H](COC(C)=O)OC(C)=O. The van der Waals surface area contributed by atoms with Gasteiger partial charge in [-0.2, -0.15) is 5.10 Å². The average molecular weight is 576 g/mol. The standard InChI is InChI=1S/C24H37N3O13/c1-14(28)36-13-21(37-15(2)29)23(39-17(4)31)24(40-18(5)32)22(38-16(3)30)19(11-27(33)34)10-25-26-9-7-8-20(26)12-35-6/h10,19-24H,7-9,11-13H2,1-6H3/b25-10+/t19-,20-,21+,22-,23-,24+/m0/s1. The van der Waals surface area contributed by atoms with Gasteiger partial charge in [-0.1, -0.05) is 0 Å². The van der Waals surface area contributed by atoms with Crippen molar-refractivity contribution in [1.29, 1.82) is 0 Å². The fourth-order valence-electron chi connectivity index (χ4n) is 4.17. The summed E-state index contributed by atoms with van der Waals surface area (Å²) in [7, 11) is 1.53. The molecular formula is C24H37N3O13. The van der Waals surface area contributed by atoms with Crippen LogP contribution in [0, 0.1) is 16.0 Å². The van der Waals surface area contributed by atoms with Gasteiger partial charge in [0.25, 0.3) is 0 Å². The van der Waals surface area contributed by atoms with Crippen molar-refractivity contribution in [3.05, 3.63) is 10.1 Å². The van der Waals surface area contributed by atoms with E-state index in [0.29, 0.717) is 13.2 Å². The number of ether oxygens (including phenoxy) is 6. The zero-order valence-corrected chi connectivity index (χ0v) is 23.4. The van der Waals surface area contributed by atoms with Crippen molar-refractivity contribution >= 4 is 36.1 Å². The Hall–Kier alpha value is -3.82. The van der Waals surface area contributed by atoms with Crippen molar-refractivity contribution in [2.24, 2.45) is 11.0 Å². The second kappa shape index (κ2) is 17.0. The molecule has 0 bridgehead atoms. The van der Waals surface area contributed by atoms with E-state index >= 15 is 0 Å². The Morgan fingerprint density at radius 1 is 0.900 bits per heavy atom. The predicted octanol–water partition coefficient (Wildman–Crippen LogP) is 0.266. The topological polar surface area (TPSA) is 199 Å². The second-order valence-electron chi connectivity index (χ2n) is 9.03. The molecule has 1 heterocycles. The highest BCUT2D eigenvalue weighted by Crippen LogP contribution is 2.25. The van der Waals surface area contributed by atoms with Crippen molar-refractivity contribution in [2.45, 2.75) is 77.9 Å². The number of hydrazone groups is 1. The number of carbonyl (C=O) groups excluding carboxylic acids is 5. The fraction of sp³-hybridized carbons (Fsp3) is 0.750. The normalized spacial score (nSPS) is 18.6. The van der Waals surface area contributed by atoms with Crippen molar-refractivity contribution in [2.75, 3.05) is 33.4 Å². The Morgan fingerprint density at radius 3 is 1.95 bits per heavy atom. The maximum Gasteiger partial charge on any atom is 0.303 e. The molecule has 0 aromatic heterocycles. The summed E-state index contributed by atoms with van der Waals surface area (Å²) >= 11 is 0. The summed E-state index contributed by atoms with van der Waals surface area (Å²) in [6, 6.07) is -0.0974. The van der Waals surface area contributed by atoms with Crippen molar-refractivity contribution < 1.29 is 57.3 Å². The van der Waals surface area contributed by atoms with Crippen LogP contribution < -0.4 is 0 Å². The lowest BCUT2D eigenvalue weighted by atomic mass is 9.92. The third-order valence-electron chi connectivity index (χ3n) is 5.58.